The molecule has 0 heterocycles. The second-order valence-electron chi connectivity index (χ2n) is 8.96. The van der Waals surface area contributed by atoms with Gasteiger partial charge in [-0.15, -0.1) is 0 Å². The molecule has 0 saturated heterocycles. The monoisotopic (exact) mass is 310 g/mol. The second-order valence-corrected chi connectivity index (χ2v) is 8.96. The van der Waals surface area contributed by atoms with E-state index < -0.39 is 0 Å². The van der Waals surface area contributed by atoms with E-state index in [-0.39, 0.29) is 18.1 Å². The Kier molecular flexibility index (Phi) is 6.76. The molecule has 0 amide bonds. The highest BCUT2D eigenvalue weighted by atomic mass is 16.3. The van der Waals surface area contributed by atoms with Gasteiger partial charge < -0.3 is 10.2 Å². The van der Waals surface area contributed by atoms with Crippen LogP contribution in [0.5, 0.6) is 0 Å². The van der Waals surface area contributed by atoms with E-state index in [1.165, 1.54) is 25.7 Å². The minimum absolute atomic E-state index is 0.123. The van der Waals surface area contributed by atoms with E-state index in [0.29, 0.717) is 29.6 Å². The van der Waals surface area contributed by atoms with Crippen LogP contribution < -0.4 is 0 Å². The van der Waals surface area contributed by atoms with Crippen LogP contribution in [0.15, 0.2) is 0 Å². The van der Waals surface area contributed by atoms with Gasteiger partial charge in [0, 0.05) is 5.92 Å². The van der Waals surface area contributed by atoms with E-state index in [1.54, 1.807) is 0 Å². The number of hydrogen-bond donors (Lipinski definition) is 2. The van der Waals surface area contributed by atoms with Crippen LogP contribution >= 0.6 is 0 Å². The topological polar surface area (TPSA) is 40.5 Å². The zero-order chi connectivity index (χ0) is 16.3. The van der Waals surface area contributed by atoms with Gasteiger partial charge >= 0.3 is 0 Å². The maximum atomic E-state index is 11.1. The van der Waals surface area contributed by atoms with Crippen molar-refractivity contribution in [2.45, 2.75) is 91.3 Å². The van der Waals surface area contributed by atoms with Crippen LogP contribution in [-0.2, 0) is 0 Å². The van der Waals surface area contributed by atoms with E-state index in [4.69, 9.17) is 0 Å². The lowest BCUT2D eigenvalue weighted by Crippen LogP contribution is -2.43. The van der Waals surface area contributed by atoms with Crippen LogP contribution in [0, 0.1) is 35.5 Å². The van der Waals surface area contributed by atoms with E-state index in [0.717, 1.165) is 25.7 Å². The molecule has 22 heavy (non-hydrogen) atoms. The van der Waals surface area contributed by atoms with Crippen LogP contribution in [0.4, 0.5) is 0 Å². The highest BCUT2D eigenvalue weighted by Gasteiger charge is 2.44. The summed E-state index contributed by atoms with van der Waals surface area (Å²) < 4.78 is 0. The maximum Gasteiger partial charge on any atom is 0.0624 e. The van der Waals surface area contributed by atoms with Gasteiger partial charge in [-0.25, -0.2) is 0 Å². The zero-order valence-electron chi connectivity index (χ0n) is 15.2. The maximum absolute atomic E-state index is 11.1. The number of rotatable bonds is 4. The Morgan fingerprint density at radius 1 is 0.727 bits per heavy atom. The van der Waals surface area contributed by atoms with Crippen molar-refractivity contribution >= 4 is 0 Å². The molecule has 2 aliphatic rings. The predicted octanol–water partition coefficient (Wildman–Crippen LogP) is 4.63. The Hall–Kier alpha value is -0.0800. The summed E-state index contributed by atoms with van der Waals surface area (Å²) >= 11 is 0. The third-order valence-corrected chi connectivity index (χ3v) is 6.15. The number of aliphatic hydroxyl groups excluding tert-OH is 2. The van der Waals surface area contributed by atoms with Gasteiger partial charge in [-0.05, 0) is 68.1 Å². The molecule has 0 aromatic rings. The molecular formula is C20H38O2. The Morgan fingerprint density at radius 2 is 1.14 bits per heavy atom. The lowest BCUT2D eigenvalue weighted by atomic mass is 9.74. The van der Waals surface area contributed by atoms with E-state index in [1.807, 2.05) is 0 Å². The molecule has 2 rings (SSSR count). The summed E-state index contributed by atoms with van der Waals surface area (Å²) in [6, 6.07) is 0. The van der Waals surface area contributed by atoms with E-state index in [2.05, 4.69) is 27.7 Å². The lowest BCUT2D eigenvalue weighted by molar-refractivity contribution is -0.0626. The second kappa shape index (κ2) is 8.15. The summed E-state index contributed by atoms with van der Waals surface area (Å²) in [6.07, 6.45) is 8.80. The van der Waals surface area contributed by atoms with Gasteiger partial charge in [0.1, 0.15) is 0 Å². The van der Waals surface area contributed by atoms with Gasteiger partial charge in [0.25, 0.3) is 0 Å². The quantitative estimate of drug-likeness (QED) is 0.794. The number of hydrogen-bond acceptors (Lipinski definition) is 2. The molecule has 2 aliphatic carbocycles. The Morgan fingerprint density at radius 3 is 1.50 bits per heavy atom. The Labute approximate surface area is 137 Å². The summed E-state index contributed by atoms with van der Waals surface area (Å²) in [5.74, 6) is 2.71. The van der Waals surface area contributed by atoms with Crippen LogP contribution in [0.3, 0.4) is 0 Å². The third kappa shape index (κ3) is 4.47. The standard InChI is InChI=1S/C20H38O2/c1-13(2)11-16-9-5-7-15-8-6-10-17(12-14(3)4)20(22)18(15)19(16)21/h13-22H,5-12H2,1-4H3/t15?,16-,17+,18?,19?,20?. The van der Waals surface area contributed by atoms with Crippen LogP contribution in [-0.4, -0.2) is 22.4 Å². The van der Waals surface area contributed by atoms with Crippen LogP contribution in [0.2, 0.25) is 0 Å². The summed E-state index contributed by atoms with van der Waals surface area (Å²) in [7, 11) is 0. The SMILES string of the molecule is CC(C)C[C@H]1CCCC2CCC[C@@H](CC(C)C)C(O)C2C1O. The number of aliphatic hydroxyl groups is 2. The molecule has 0 aromatic heterocycles. The fourth-order valence-electron chi connectivity index (χ4n) is 5.27. The molecule has 2 N–H and O–H groups in total. The fourth-order valence-corrected chi connectivity index (χ4v) is 5.27. The Bertz CT molecular complexity index is 296. The first kappa shape index (κ1) is 18.3. The van der Waals surface area contributed by atoms with Crippen molar-refractivity contribution in [2.24, 2.45) is 35.5 Å². The van der Waals surface area contributed by atoms with Crippen LogP contribution in [0.1, 0.15) is 79.1 Å². The minimum Gasteiger partial charge on any atom is -0.392 e. The van der Waals surface area contributed by atoms with E-state index >= 15 is 0 Å². The summed E-state index contributed by atoms with van der Waals surface area (Å²) in [4.78, 5) is 0. The average Bonchev–Trinajstić information content (AvgIpc) is 2.65. The summed E-state index contributed by atoms with van der Waals surface area (Å²) in [5, 5.41) is 22.2. The van der Waals surface area contributed by atoms with Crippen molar-refractivity contribution in [3.63, 3.8) is 0 Å². The molecule has 2 fully saturated rings. The molecule has 0 spiro atoms. The molecule has 2 nitrogen and oxygen atoms in total. The predicted molar refractivity (Wildman–Crippen MR) is 92.6 cm³/mol. The molecule has 0 aliphatic heterocycles. The smallest absolute Gasteiger partial charge is 0.0624 e. The fraction of sp³-hybridized carbons (Fsp3) is 1.00. The molecule has 6 atom stereocenters. The van der Waals surface area contributed by atoms with Crippen molar-refractivity contribution in [3.8, 4) is 0 Å². The largest absolute Gasteiger partial charge is 0.392 e. The van der Waals surface area contributed by atoms with Gasteiger partial charge in [-0.1, -0.05) is 40.5 Å². The molecule has 130 valence electrons. The van der Waals surface area contributed by atoms with Crippen molar-refractivity contribution in [1.82, 2.24) is 0 Å². The van der Waals surface area contributed by atoms with Gasteiger partial charge in [0.2, 0.25) is 0 Å². The third-order valence-electron chi connectivity index (χ3n) is 6.15. The van der Waals surface area contributed by atoms with Crippen molar-refractivity contribution < 1.29 is 10.2 Å². The minimum atomic E-state index is -0.294. The molecule has 2 saturated carbocycles. The zero-order valence-corrected chi connectivity index (χ0v) is 15.2. The highest BCUT2D eigenvalue weighted by Crippen LogP contribution is 2.44. The first-order valence-electron chi connectivity index (χ1n) is 9.76. The highest BCUT2D eigenvalue weighted by molar-refractivity contribution is 4.94. The Balaban J connectivity index is 2.16. The van der Waals surface area contributed by atoms with Crippen LogP contribution in [0.25, 0.3) is 0 Å². The molecular weight excluding hydrogens is 272 g/mol. The first-order valence-corrected chi connectivity index (χ1v) is 9.76. The molecule has 0 radical (unpaired) electrons. The molecule has 0 bridgehead atoms. The summed E-state index contributed by atoms with van der Waals surface area (Å²) in [6.45, 7) is 9.00. The van der Waals surface area contributed by atoms with Crippen molar-refractivity contribution in [1.29, 1.82) is 0 Å². The molecule has 0 aromatic carbocycles. The molecule has 4 unspecified atom stereocenters. The van der Waals surface area contributed by atoms with Crippen molar-refractivity contribution in [3.05, 3.63) is 0 Å². The first-order chi connectivity index (χ1) is 10.4. The molecule has 2 heteroatoms. The van der Waals surface area contributed by atoms with Gasteiger partial charge in [-0.2, -0.15) is 0 Å². The van der Waals surface area contributed by atoms with E-state index in [9.17, 15) is 10.2 Å². The van der Waals surface area contributed by atoms with Crippen molar-refractivity contribution in [2.75, 3.05) is 0 Å². The van der Waals surface area contributed by atoms with Gasteiger partial charge in [0.15, 0.2) is 0 Å². The number of fused-ring (bicyclic) bond motifs is 1. The normalized spacial score (nSPS) is 40.4. The van der Waals surface area contributed by atoms with Gasteiger partial charge in [-0.3, -0.25) is 0 Å². The van der Waals surface area contributed by atoms with Gasteiger partial charge in [0.05, 0.1) is 12.2 Å². The summed E-state index contributed by atoms with van der Waals surface area (Å²) in [5.41, 5.74) is 0. The lowest BCUT2D eigenvalue weighted by Gasteiger charge is -2.37. The average molecular weight is 311 g/mol.